The van der Waals surface area contributed by atoms with E-state index in [0.29, 0.717) is 5.56 Å². The number of hydrogen-bond acceptors (Lipinski definition) is 5. The van der Waals surface area contributed by atoms with Crippen molar-refractivity contribution < 1.29 is 9.90 Å². The van der Waals surface area contributed by atoms with Crippen molar-refractivity contribution in [3.63, 3.8) is 0 Å². The second-order valence-electron chi connectivity index (χ2n) is 7.37. The standard InChI is InChI=1S/C24H19N5O2S/c1-14-5-4-6-17-20(14)27-23(31)21(17)28-29-22(30)16-11-9-15(10-12-16)13-32-24-25-18-7-2-3-8-19(18)26-24/h2-12,27,31H,13H2,1H3,(H,25,26). The predicted molar refractivity (Wildman–Crippen MR) is 126 cm³/mol. The van der Waals surface area contributed by atoms with Gasteiger partial charge in [-0.2, -0.15) is 0 Å². The van der Waals surface area contributed by atoms with Crippen molar-refractivity contribution in [1.82, 2.24) is 15.0 Å². The number of rotatable bonds is 5. The first kappa shape index (κ1) is 20.0. The summed E-state index contributed by atoms with van der Waals surface area (Å²) in [7, 11) is 0. The summed E-state index contributed by atoms with van der Waals surface area (Å²) in [5.41, 5.74) is 5.46. The molecule has 0 unspecified atom stereocenters. The normalized spacial score (nSPS) is 11.7. The molecule has 0 spiro atoms. The maximum Gasteiger partial charge on any atom is 0.295 e. The Kier molecular flexibility index (Phi) is 5.20. The molecule has 0 saturated carbocycles. The summed E-state index contributed by atoms with van der Waals surface area (Å²) < 4.78 is 0. The smallest absolute Gasteiger partial charge is 0.295 e. The fraction of sp³-hybridized carbons (Fsp3) is 0.0833. The number of aromatic nitrogens is 3. The van der Waals surface area contributed by atoms with Gasteiger partial charge in [-0.25, -0.2) is 4.98 Å². The van der Waals surface area contributed by atoms with Crippen LogP contribution in [0.3, 0.4) is 0 Å². The van der Waals surface area contributed by atoms with Crippen LogP contribution in [-0.4, -0.2) is 26.0 Å². The van der Waals surface area contributed by atoms with E-state index in [1.807, 2.05) is 61.5 Å². The molecule has 0 atom stereocenters. The van der Waals surface area contributed by atoms with Gasteiger partial charge in [0, 0.05) is 16.7 Å². The average molecular weight is 442 g/mol. The largest absolute Gasteiger partial charge is 0.493 e. The molecule has 158 valence electrons. The zero-order chi connectivity index (χ0) is 22.1. The van der Waals surface area contributed by atoms with Crippen LogP contribution in [0.1, 0.15) is 21.5 Å². The molecule has 8 heteroatoms. The van der Waals surface area contributed by atoms with Crippen molar-refractivity contribution in [2.75, 3.05) is 0 Å². The molecular formula is C24H19N5O2S. The minimum absolute atomic E-state index is 0.108. The Hall–Kier alpha value is -3.91. The number of benzene rings is 3. The van der Waals surface area contributed by atoms with E-state index in [0.717, 1.165) is 44.0 Å². The molecule has 2 heterocycles. The van der Waals surface area contributed by atoms with Crippen LogP contribution in [0.5, 0.6) is 5.88 Å². The SMILES string of the molecule is Cc1cccc2c(N=NC(=O)c3ccc(CSc4nc5ccccc5[nH]4)cc3)c(O)[nH]c12. The van der Waals surface area contributed by atoms with E-state index in [4.69, 9.17) is 0 Å². The van der Waals surface area contributed by atoms with Gasteiger partial charge in [-0.15, -0.1) is 10.2 Å². The van der Waals surface area contributed by atoms with Crippen LogP contribution in [0.2, 0.25) is 0 Å². The van der Waals surface area contributed by atoms with Gasteiger partial charge in [0.15, 0.2) is 10.8 Å². The van der Waals surface area contributed by atoms with Crippen molar-refractivity contribution in [3.05, 3.63) is 83.4 Å². The van der Waals surface area contributed by atoms with Gasteiger partial charge in [0.25, 0.3) is 5.91 Å². The summed E-state index contributed by atoms with van der Waals surface area (Å²) in [6.45, 7) is 1.93. The summed E-state index contributed by atoms with van der Waals surface area (Å²) in [5, 5.41) is 19.5. The number of aromatic hydroxyl groups is 1. The molecule has 3 aromatic carbocycles. The molecule has 3 N–H and O–H groups in total. The van der Waals surface area contributed by atoms with Gasteiger partial charge in [-0.1, -0.05) is 54.2 Å². The monoisotopic (exact) mass is 441 g/mol. The molecule has 0 saturated heterocycles. The van der Waals surface area contributed by atoms with Gasteiger partial charge >= 0.3 is 0 Å². The highest BCUT2D eigenvalue weighted by Gasteiger charge is 2.13. The topological polar surface area (TPSA) is 106 Å². The number of carbonyl (C=O) groups excluding carboxylic acids is 1. The van der Waals surface area contributed by atoms with E-state index in [9.17, 15) is 9.90 Å². The van der Waals surface area contributed by atoms with Gasteiger partial charge in [0.1, 0.15) is 0 Å². The van der Waals surface area contributed by atoms with E-state index in [2.05, 4.69) is 25.2 Å². The van der Waals surface area contributed by atoms with E-state index in [1.165, 1.54) is 0 Å². The molecule has 5 aromatic rings. The number of nitrogens with one attached hydrogen (secondary N) is 2. The Morgan fingerprint density at radius 1 is 1.03 bits per heavy atom. The molecule has 0 aliphatic carbocycles. The molecule has 2 aromatic heterocycles. The lowest BCUT2D eigenvalue weighted by molar-refractivity contribution is 0.0995. The molecule has 5 rings (SSSR count). The second-order valence-corrected chi connectivity index (χ2v) is 8.33. The lowest BCUT2D eigenvalue weighted by Crippen LogP contribution is -1.94. The van der Waals surface area contributed by atoms with Gasteiger partial charge in [0.05, 0.1) is 16.6 Å². The zero-order valence-electron chi connectivity index (χ0n) is 17.2. The molecule has 1 amide bonds. The molecule has 0 bridgehead atoms. The number of aromatic amines is 2. The van der Waals surface area contributed by atoms with Crippen LogP contribution < -0.4 is 0 Å². The van der Waals surface area contributed by atoms with E-state index >= 15 is 0 Å². The summed E-state index contributed by atoms with van der Waals surface area (Å²) in [6.07, 6.45) is 0. The Morgan fingerprint density at radius 3 is 2.66 bits per heavy atom. The number of para-hydroxylation sites is 3. The fourth-order valence-electron chi connectivity index (χ4n) is 3.48. The Bertz CT molecular complexity index is 1430. The first-order valence-corrected chi connectivity index (χ1v) is 11.0. The molecule has 0 fully saturated rings. The fourth-order valence-corrected chi connectivity index (χ4v) is 4.32. The number of thioether (sulfide) groups is 1. The lowest BCUT2D eigenvalue weighted by atomic mass is 10.1. The van der Waals surface area contributed by atoms with Crippen molar-refractivity contribution in [2.45, 2.75) is 17.8 Å². The minimum atomic E-state index is -0.470. The third-order valence-electron chi connectivity index (χ3n) is 5.18. The molecule has 0 aliphatic rings. The summed E-state index contributed by atoms with van der Waals surface area (Å²) >= 11 is 1.60. The van der Waals surface area contributed by atoms with Crippen molar-refractivity contribution in [3.8, 4) is 5.88 Å². The van der Waals surface area contributed by atoms with Crippen LogP contribution in [0, 0.1) is 6.92 Å². The maximum atomic E-state index is 12.5. The average Bonchev–Trinajstić information content (AvgIpc) is 3.37. The van der Waals surface area contributed by atoms with Crippen molar-refractivity contribution in [1.29, 1.82) is 0 Å². The van der Waals surface area contributed by atoms with E-state index in [-0.39, 0.29) is 11.6 Å². The molecule has 32 heavy (non-hydrogen) atoms. The van der Waals surface area contributed by atoms with Gasteiger partial charge < -0.3 is 15.1 Å². The third kappa shape index (κ3) is 3.88. The first-order chi connectivity index (χ1) is 15.6. The number of fused-ring (bicyclic) bond motifs is 2. The summed E-state index contributed by atoms with van der Waals surface area (Å²) in [4.78, 5) is 23.2. The van der Waals surface area contributed by atoms with Gasteiger partial charge in [0.2, 0.25) is 5.88 Å². The molecule has 0 aliphatic heterocycles. The molecular weight excluding hydrogens is 422 g/mol. The highest BCUT2D eigenvalue weighted by Crippen LogP contribution is 2.36. The number of imidazole rings is 1. The molecule has 0 radical (unpaired) electrons. The number of carbonyl (C=O) groups is 1. The Morgan fingerprint density at radius 2 is 1.84 bits per heavy atom. The number of H-pyrrole nitrogens is 2. The number of azo groups is 1. The van der Waals surface area contributed by atoms with Crippen LogP contribution in [0.4, 0.5) is 5.69 Å². The third-order valence-corrected chi connectivity index (χ3v) is 6.12. The van der Waals surface area contributed by atoms with Crippen molar-refractivity contribution >= 4 is 45.3 Å². The maximum absolute atomic E-state index is 12.5. The Labute approximate surface area is 187 Å². The first-order valence-electron chi connectivity index (χ1n) is 10.0. The molecule has 7 nitrogen and oxygen atoms in total. The summed E-state index contributed by atoms with van der Waals surface area (Å²) in [5.74, 6) is 0.143. The van der Waals surface area contributed by atoms with Gasteiger partial charge in [-0.05, 0) is 42.3 Å². The minimum Gasteiger partial charge on any atom is -0.493 e. The highest BCUT2D eigenvalue weighted by molar-refractivity contribution is 7.98. The second kappa shape index (κ2) is 8.32. The Balaban J connectivity index is 1.27. The van der Waals surface area contributed by atoms with Crippen LogP contribution >= 0.6 is 11.8 Å². The van der Waals surface area contributed by atoms with Crippen molar-refractivity contribution in [2.24, 2.45) is 10.2 Å². The van der Waals surface area contributed by atoms with Crippen LogP contribution in [-0.2, 0) is 5.75 Å². The van der Waals surface area contributed by atoms with Crippen LogP contribution in [0.25, 0.3) is 21.9 Å². The number of nitrogens with zero attached hydrogens (tertiary/aromatic N) is 3. The zero-order valence-corrected chi connectivity index (χ0v) is 18.0. The lowest BCUT2D eigenvalue weighted by Gasteiger charge is -2.01. The number of amides is 1. The highest BCUT2D eigenvalue weighted by atomic mass is 32.2. The van der Waals surface area contributed by atoms with Crippen LogP contribution in [0.15, 0.2) is 82.1 Å². The predicted octanol–water partition coefficient (Wildman–Crippen LogP) is 6.27. The number of hydrogen-bond donors (Lipinski definition) is 3. The number of aryl methyl sites for hydroxylation is 1. The van der Waals surface area contributed by atoms with E-state index < -0.39 is 5.91 Å². The van der Waals surface area contributed by atoms with E-state index in [1.54, 1.807) is 23.9 Å². The van der Waals surface area contributed by atoms with Gasteiger partial charge in [-0.3, -0.25) is 4.79 Å². The quantitative estimate of drug-likeness (QED) is 0.220. The summed E-state index contributed by atoms with van der Waals surface area (Å²) in [6, 6.07) is 20.8.